The molecule has 0 unspecified atom stereocenters. The van der Waals surface area contributed by atoms with Gasteiger partial charge >= 0.3 is 0 Å². The minimum atomic E-state index is 0.871. The summed E-state index contributed by atoms with van der Waals surface area (Å²) in [6.45, 7) is 0. The quantitative estimate of drug-likeness (QED) is 0.266. The number of methoxy groups -OCH3 is 1. The van der Waals surface area contributed by atoms with Crippen LogP contribution >= 0.6 is 0 Å². The first-order chi connectivity index (χ1) is 15.8. The van der Waals surface area contributed by atoms with Gasteiger partial charge in [0.25, 0.3) is 0 Å². The van der Waals surface area contributed by atoms with E-state index in [4.69, 9.17) is 4.74 Å². The molecule has 0 aromatic heterocycles. The molecule has 32 heavy (non-hydrogen) atoms. The van der Waals surface area contributed by atoms with Crippen molar-refractivity contribution in [2.24, 2.45) is 0 Å². The van der Waals surface area contributed by atoms with E-state index < -0.39 is 0 Å². The van der Waals surface area contributed by atoms with E-state index in [1.807, 2.05) is 12.1 Å². The average molecular weight is 411 g/mol. The summed E-state index contributed by atoms with van der Waals surface area (Å²) in [6, 6.07) is 41.3. The van der Waals surface area contributed by atoms with Gasteiger partial charge in [0, 0.05) is 0 Å². The Morgan fingerprint density at radius 1 is 0.438 bits per heavy atom. The van der Waals surface area contributed by atoms with Gasteiger partial charge in [0.15, 0.2) is 0 Å². The number of rotatable bonds is 3. The third-order valence-corrected chi connectivity index (χ3v) is 6.35. The van der Waals surface area contributed by atoms with Crippen molar-refractivity contribution in [1.82, 2.24) is 0 Å². The molecule has 0 aliphatic rings. The number of benzene rings is 6. The molecule has 6 aromatic carbocycles. The first-order valence-corrected chi connectivity index (χ1v) is 10.9. The van der Waals surface area contributed by atoms with E-state index in [9.17, 15) is 0 Å². The Morgan fingerprint density at radius 3 is 1.47 bits per heavy atom. The second kappa shape index (κ2) is 7.55. The maximum Gasteiger partial charge on any atom is 0.118 e. The summed E-state index contributed by atoms with van der Waals surface area (Å²) in [6.07, 6.45) is 0. The molecule has 0 atom stereocenters. The van der Waals surface area contributed by atoms with E-state index in [2.05, 4.69) is 103 Å². The van der Waals surface area contributed by atoms with Crippen molar-refractivity contribution in [3.8, 4) is 28.0 Å². The van der Waals surface area contributed by atoms with Crippen LogP contribution in [0.2, 0.25) is 0 Å². The minimum Gasteiger partial charge on any atom is -0.497 e. The molecule has 0 saturated carbocycles. The second-order valence-electron chi connectivity index (χ2n) is 8.13. The van der Waals surface area contributed by atoms with Crippen LogP contribution in [-0.4, -0.2) is 7.11 Å². The van der Waals surface area contributed by atoms with Crippen LogP contribution in [0.1, 0.15) is 0 Å². The van der Waals surface area contributed by atoms with Gasteiger partial charge in [-0.2, -0.15) is 0 Å². The number of fused-ring (bicyclic) bond motifs is 3. The normalized spacial score (nSPS) is 11.3. The fourth-order valence-corrected chi connectivity index (χ4v) is 4.85. The van der Waals surface area contributed by atoms with Crippen LogP contribution < -0.4 is 4.74 Å². The van der Waals surface area contributed by atoms with E-state index in [0.29, 0.717) is 0 Å². The molecule has 0 N–H and O–H groups in total. The van der Waals surface area contributed by atoms with Gasteiger partial charge in [0.1, 0.15) is 5.75 Å². The number of hydrogen-bond acceptors (Lipinski definition) is 1. The predicted octanol–water partition coefficient (Wildman–Crippen LogP) is 8.49. The van der Waals surface area contributed by atoms with Gasteiger partial charge in [-0.1, -0.05) is 97.1 Å². The molecule has 0 aliphatic heterocycles. The second-order valence-corrected chi connectivity index (χ2v) is 8.13. The maximum atomic E-state index is 5.39. The van der Waals surface area contributed by atoms with Crippen molar-refractivity contribution < 1.29 is 4.74 Å². The van der Waals surface area contributed by atoms with Crippen molar-refractivity contribution in [2.45, 2.75) is 0 Å². The fraction of sp³-hybridized carbons (Fsp3) is 0.0323. The molecule has 1 nitrogen and oxygen atoms in total. The summed E-state index contributed by atoms with van der Waals surface area (Å²) >= 11 is 0. The van der Waals surface area contributed by atoms with Gasteiger partial charge in [-0.25, -0.2) is 0 Å². The zero-order chi connectivity index (χ0) is 21.5. The molecule has 0 heterocycles. The summed E-state index contributed by atoms with van der Waals surface area (Å²) in [5.74, 6) is 0.871. The molecule has 152 valence electrons. The zero-order valence-corrected chi connectivity index (χ0v) is 17.9. The minimum absolute atomic E-state index is 0.871. The van der Waals surface area contributed by atoms with E-state index >= 15 is 0 Å². The Hall–Kier alpha value is -4.10. The molecule has 0 bridgehead atoms. The first-order valence-electron chi connectivity index (χ1n) is 10.9. The monoisotopic (exact) mass is 410 g/mol. The lowest BCUT2D eigenvalue weighted by Gasteiger charge is -2.18. The van der Waals surface area contributed by atoms with Gasteiger partial charge in [0.2, 0.25) is 0 Å². The van der Waals surface area contributed by atoms with Gasteiger partial charge in [-0.05, 0) is 72.8 Å². The van der Waals surface area contributed by atoms with Crippen molar-refractivity contribution in [3.05, 3.63) is 115 Å². The standard InChI is InChI=1S/C31H22O/c1-32-25-18-16-22(17-19-25)30-26-10-4-6-12-28(26)31(29-13-7-5-11-27(29)30)24-15-14-21-8-2-3-9-23(21)20-24/h2-20H,1H3. The van der Waals surface area contributed by atoms with Crippen molar-refractivity contribution >= 4 is 32.3 Å². The molecule has 6 rings (SSSR count). The van der Waals surface area contributed by atoms with Crippen LogP contribution in [0.15, 0.2) is 115 Å². The molecule has 0 radical (unpaired) electrons. The summed E-state index contributed by atoms with van der Waals surface area (Å²) in [5, 5.41) is 7.59. The predicted molar refractivity (Wildman–Crippen MR) is 136 cm³/mol. The Kier molecular flexibility index (Phi) is 4.40. The van der Waals surface area contributed by atoms with E-state index in [0.717, 1.165) is 5.75 Å². The van der Waals surface area contributed by atoms with E-state index in [-0.39, 0.29) is 0 Å². The topological polar surface area (TPSA) is 9.23 Å². The van der Waals surface area contributed by atoms with Gasteiger partial charge < -0.3 is 4.74 Å². The lowest BCUT2D eigenvalue weighted by molar-refractivity contribution is 0.415. The Bertz CT molecular complexity index is 1540. The summed E-state index contributed by atoms with van der Waals surface area (Å²) in [4.78, 5) is 0. The van der Waals surface area contributed by atoms with Crippen molar-refractivity contribution in [2.75, 3.05) is 7.11 Å². The zero-order valence-electron chi connectivity index (χ0n) is 17.9. The highest BCUT2D eigenvalue weighted by Gasteiger charge is 2.16. The first kappa shape index (κ1) is 18.7. The molecule has 0 spiro atoms. The summed E-state index contributed by atoms with van der Waals surface area (Å²) < 4.78 is 5.39. The highest BCUT2D eigenvalue weighted by atomic mass is 16.5. The highest BCUT2D eigenvalue weighted by Crippen LogP contribution is 2.44. The molecule has 1 heteroatoms. The molecule has 0 fully saturated rings. The smallest absolute Gasteiger partial charge is 0.118 e. The largest absolute Gasteiger partial charge is 0.497 e. The average Bonchev–Trinajstić information content (AvgIpc) is 2.87. The highest BCUT2D eigenvalue weighted by molar-refractivity contribution is 6.21. The lowest BCUT2D eigenvalue weighted by atomic mass is 9.85. The Morgan fingerprint density at radius 2 is 0.906 bits per heavy atom. The van der Waals surface area contributed by atoms with E-state index in [1.165, 1.54) is 54.6 Å². The third kappa shape index (κ3) is 2.94. The summed E-state index contributed by atoms with van der Waals surface area (Å²) in [7, 11) is 1.71. The van der Waals surface area contributed by atoms with Crippen LogP contribution in [-0.2, 0) is 0 Å². The molecule has 0 saturated heterocycles. The van der Waals surface area contributed by atoms with Crippen molar-refractivity contribution in [3.63, 3.8) is 0 Å². The van der Waals surface area contributed by atoms with Crippen LogP contribution in [0.4, 0.5) is 0 Å². The lowest BCUT2D eigenvalue weighted by Crippen LogP contribution is -1.91. The van der Waals surface area contributed by atoms with Crippen LogP contribution in [0.5, 0.6) is 5.75 Å². The number of hydrogen-bond donors (Lipinski definition) is 0. The van der Waals surface area contributed by atoms with Crippen LogP contribution in [0.25, 0.3) is 54.6 Å². The van der Waals surface area contributed by atoms with Crippen LogP contribution in [0.3, 0.4) is 0 Å². The Balaban J connectivity index is 1.73. The van der Waals surface area contributed by atoms with Gasteiger partial charge in [-0.3, -0.25) is 0 Å². The number of ether oxygens (including phenoxy) is 1. The molecule has 0 aliphatic carbocycles. The van der Waals surface area contributed by atoms with Gasteiger partial charge in [0.05, 0.1) is 7.11 Å². The van der Waals surface area contributed by atoms with Gasteiger partial charge in [-0.15, -0.1) is 0 Å². The van der Waals surface area contributed by atoms with Crippen LogP contribution in [0, 0.1) is 0 Å². The SMILES string of the molecule is COc1ccc(-c2c3ccccc3c(-c3ccc4ccccc4c3)c3ccccc23)cc1. The third-order valence-electron chi connectivity index (χ3n) is 6.35. The summed E-state index contributed by atoms with van der Waals surface area (Å²) in [5.41, 5.74) is 5.00. The van der Waals surface area contributed by atoms with E-state index in [1.54, 1.807) is 7.11 Å². The molecular weight excluding hydrogens is 388 g/mol. The van der Waals surface area contributed by atoms with Crippen molar-refractivity contribution in [1.29, 1.82) is 0 Å². The maximum absolute atomic E-state index is 5.39. The molecule has 6 aromatic rings. The fourth-order valence-electron chi connectivity index (χ4n) is 4.85. The Labute approximate surface area is 187 Å². The molecular formula is C31H22O. The molecule has 0 amide bonds.